The maximum atomic E-state index is 2.51. The van der Waals surface area contributed by atoms with E-state index < -0.39 is 5.41 Å². The minimum absolute atomic E-state index is 0.0827. The Balaban J connectivity index is 1.000. The number of rotatable bonds is 9. The van der Waals surface area contributed by atoms with Crippen LogP contribution in [0.1, 0.15) is 95.2 Å². The van der Waals surface area contributed by atoms with Gasteiger partial charge in [-0.25, -0.2) is 0 Å². The first-order valence-corrected chi connectivity index (χ1v) is 22.4. The molecule has 0 saturated heterocycles. The highest BCUT2D eigenvalue weighted by Crippen LogP contribution is 2.58. The van der Waals surface area contributed by atoms with Gasteiger partial charge in [0.2, 0.25) is 0 Å². The van der Waals surface area contributed by atoms with Gasteiger partial charge in [-0.1, -0.05) is 178 Å². The van der Waals surface area contributed by atoms with Crippen LogP contribution in [-0.2, 0) is 23.7 Å². The van der Waals surface area contributed by atoms with Gasteiger partial charge in [0, 0.05) is 22.5 Å². The topological polar surface area (TPSA) is 3.24 Å². The quantitative estimate of drug-likeness (QED) is 0.132. The number of anilines is 3. The van der Waals surface area contributed by atoms with Gasteiger partial charge in [-0.3, -0.25) is 0 Å². The van der Waals surface area contributed by atoms with E-state index in [1.807, 2.05) is 0 Å². The van der Waals surface area contributed by atoms with Crippen molar-refractivity contribution in [1.29, 1.82) is 0 Å². The Kier molecular flexibility index (Phi) is 9.23. The van der Waals surface area contributed by atoms with Crippen molar-refractivity contribution < 1.29 is 0 Å². The first-order valence-electron chi connectivity index (χ1n) is 22.4. The third-order valence-corrected chi connectivity index (χ3v) is 14.4. The molecule has 0 bridgehead atoms. The van der Waals surface area contributed by atoms with Gasteiger partial charge in [0.25, 0.3) is 0 Å². The van der Waals surface area contributed by atoms with E-state index in [0.29, 0.717) is 0 Å². The molecule has 0 radical (unpaired) electrons. The highest BCUT2D eigenvalue weighted by molar-refractivity contribution is 5.93. The molecule has 3 aliphatic rings. The molecular weight excluding hydrogens is 735 g/mol. The average Bonchev–Trinajstić information content (AvgIpc) is 3.79. The summed E-state index contributed by atoms with van der Waals surface area (Å²) in [5.74, 6) is 0. The SMILES string of the molecule is CCC1(CC)c2cc(/C=C/c3cccc4c3-c3ccccc3C4(c3ccccc3)c3ccccc3)ccc2-c2ccc(N(c3ccccc3)c3ccc4c(c3)CCCC4)cc21. The summed E-state index contributed by atoms with van der Waals surface area (Å²) in [5, 5.41) is 0. The lowest BCUT2D eigenvalue weighted by Crippen LogP contribution is -2.28. The zero-order valence-electron chi connectivity index (χ0n) is 35.2. The van der Waals surface area contributed by atoms with Crippen molar-refractivity contribution in [3.8, 4) is 22.3 Å². The van der Waals surface area contributed by atoms with E-state index >= 15 is 0 Å². The van der Waals surface area contributed by atoms with Crippen molar-refractivity contribution in [3.63, 3.8) is 0 Å². The highest BCUT2D eigenvalue weighted by Gasteiger charge is 2.46. The highest BCUT2D eigenvalue weighted by atomic mass is 15.1. The summed E-state index contributed by atoms with van der Waals surface area (Å²) >= 11 is 0. The minimum Gasteiger partial charge on any atom is -0.310 e. The predicted octanol–water partition coefficient (Wildman–Crippen LogP) is 15.7. The van der Waals surface area contributed by atoms with Crippen LogP contribution < -0.4 is 4.90 Å². The second-order valence-corrected chi connectivity index (χ2v) is 17.3. The van der Waals surface area contributed by atoms with E-state index in [2.05, 4.69) is 219 Å². The summed E-state index contributed by atoms with van der Waals surface area (Å²) in [7, 11) is 0. The van der Waals surface area contributed by atoms with Crippen molar-refractivity contribution in [3.05, 3.63) is 244 Å². The Morgan fingerprint density at radius 3 is 1.75 bits per heavy atom. The molecule has 0 aromatic heterocycles. The summed E-state index contributed by atoms with van der Waals surface area (Å²) in [5.41, 5.74) is 22.2. The maximum absolute atomic E-state index is 2.51. The number of fused-ring (bicyclic) bond motifs is 7. The molecule has 8 aromatic rings. The predicted molar refractivity (Wildman–Crippen MR) is 257 cm³/mol. The molecule has 0 fully saturated rings. The van der Waals surface area contributed by atoms with Gasteiger partial charge < -0.3 is 4.90 Å². The second-order valence-electron chi connectivity index (χ2n) is 17.3. The minimum atomic E-state index is -0.408. The Morgan fingerprint density at radius 2 is 1.03 bits per heavy atom. The Bertz CT molecular complexity index is 2890. The largest absolute Gasteiger partial charge is 0.310 e. The van der Waals surface area contributed by atoms with Crippen LogP contribution in [0.2, 0.25) is 0 Å². The number of hydrogen-bond donors (Lipinski definition) is 0. The standard InChI is InChI=1S/C60H51N/c1-3-59(4-2)56-39-42(31-33-44-21-18-30-55-58(44)53-28-16-17-29-54(53)60(55,46-22-8-5-9-23-46)47-24-10-6-11-25-47)32-37-51(56)52-38-36-50(41-57(52)59)61(48-26-12-7-13-27-48)49-35-34-43-19-14-15-20-45(43)40-49/h5-13,16-18,21-41H,3-4,14-15,19-20H2,1-2H3/b33-31+. The van der Waals surface area contributed by atoms with Crippen LogP contribution in [0.5, 0.6) is 0 Å². The molecule has 296 valence electrons. The number of aryl methyl sites for hydroxylation is 2. The van der Waals surface area contributed by atoms with Gasteiger partial charge >= 0.3 is 0 Å². The van der Waals surface area contributed by atoms with Crippen molar-refractivity contribution in [2.45, 2.75) is 63.2 Å². The number of para-hydroxylation sites is 1. The third kappa shape index (κ3) is 5.82. The summed E-state index contributed by atoms with van der Waals surface area (Å²) < 4.78 is 0. The zero-order valence-corrected chi connectivity index (χ0v) is 35.2. The Morgan fingerprint density at radius 1 is 0.443 bits per heavy atom. The van der Waals surface area contributed by atoms with Crippen molar-refractivity contribution in [2.75, 3.05) is 4.90 Å². The van der Waals surface area contributed by atoms with Gasteiger partial charge in [0.1, 0.15) is 0 Å². The number of benzene rings is 8. The summed E-state index contributed by atoms with van der Waals surface area (Å²) in [6, 6.07) is 70.7. The molecule has 0 atom stereocenters. The molecule has 0 N–H and O–H groups in total. The van der Waals surface area contributed by atoms with Crippen LogP contribution in [-0.4, -0.2) is 0 Å². The molecule has 0 spiro atoms. The Labute approximate surface area is 361 Å². The fourth-order valence-corrected chi connectivity index (χ4v) is 11.5. The molecule has 0 amide bonds. The lowest BCUT2D eigenvalue weighted by Gasteiger charge is -2.33. The molecule has 1 nitrogen and oxygen atoms in total. The molecule has 11 rings (SSSR count). The summed E-state index contributed by atoms with van der Waals surface area (Å²) in [6.45, 7) is 4.76. The molecule has 0 aliphatic heterocycles. The smallest absolute Gasteiger partial charge is 0.0713 e. The average molecular weight is 786 g/mol. The molecule has 0 saturated carbocycles. The van der Waals surface area contributed by atoms with E-state index in [1.54, 1.807) is 0 Å². The number of nitrogens with zero attached hydrogens (tertiary/aromatic N) is 1. The molecule has 8 aromatic carbocycles. The Hall–Kier alpha value is -6.70. The summed E-state index contributed by atoms with van der Waals surface area (Å²) in [6.07, 6.45) is 11.7. The van der Waals surface area contributed by atoms with E-state index in [9.17, 15) is 0 Å². The first-order chi connectivity index (χ1) is 30.1. The molecule has 3 aliphatic carbocycles. The van der Waals surface area contributed by atoms with Crippen molar-refractivity contribution >= 4 is 29.2 Å². The molecule has 0 unspecified atom stereocenters. The zero-order chi connectivity index (χ0) is 41.0. The molecule has 61 heavy (non-hydrogen) atoms. The van der Waals surface area contributed by atoms with Crippen molar-refractivity contribution in [1.82, 2.24) is 0 Å². The van der Waals surface area contributed by atoms with Gasteiger partial charge in [-0.2, -0.15) is 0 Å². The van der Waals surface area contributed by atoms with Gasteiger partial charge in [-0.05, 0) is 153 Å². The fourth-order valence-electron chi connectivity index (χ4n) is 11.5. The van der Waals surface area contributed by atoms with Crippen LogP contribution >= 0.6 is 0 Å². The van der Waals surface area contributed by atoms with Gasteiger partial charge in [0.05, 0.1) is 5.41 Å². The lowest BCUT2D eigenvalue weighted by molar-refractivity contribution is 0.490. The van der Waals surface area contributed by atoms with E-state index in [-0.39, 0.29) is 5.41 Å². The maximum Gasteiger partial charge on any atom is 0.0713 e. The van der Waals surface area contributed by atoms with Crippen LogP contribution in [0.4, 0.5) is 17.1 Å². The molecule has 1 heteroatoms. The van der Waals surface area contributed by atoms with Crippen LogP contribution in [0.3, 0.4) is 0 Å². The normalized spacial score (nSPS) is 15.1. The molecule has 0 heterocycles. The molecular formula is C60H51N. The summed E-state index contributed by atoms with van der Waals surface area (Å²) in [4.78, 5) is 2.48. The van der Waals surface area contributed by atoms with Crippen LogP contribution in [0, 0.1) is 0 Å². The van der Waals surface area contributed by atoms with Gasteiger partial charge in [-0.15, -0.1) is 0 Å². The van der Waals surface area contributed by atoms with Gasteiger partial charge in [0.15, 0.2) is 0 Å². The van der Waals surface area contributed by atoms with Crippen LogP contribution in [0.25, 0.3) is 34.4 Å². The monoisotopic (exact) mass is 785 g/mol. The lowest BCUT2D eigenvalue weighted by atomic mass is 9.67. The first kappa shape index (κ1) is 37.3. The van der Waals surface area contributed by atoms with Crippen molar-refractivity contribution in [2.24, 2.45) is 0 Å². The van der Waals surface area contributed by atoms with E-state index in [1.165, 1.54) is 121 Å². The van der Waals surface area contributed by atoms with E-state index in [0.717, 1.165) is 12.8 Å². The fraction of sp³-hybridized carbons (Fsp3) is 0.167. The second kappa shape index (κ2) is 15.1. The van der Waals surface area contributed by atoms with E-state index in [4.69, 9.17) is 0 Å². The number of hydrogen-bond acceptors (Lipinski definition) is 1. The van der Waals surface area contributed by atoms with Crippen LogP contribution in [0.15, 0.2) is 188 Å². The third-order valence-electron chi connectivity index (χ3n) is 14.4.